The highest BCUT2D eigenvalue weighted by atomic mass is 16.7. The van der Waals surface area contributed by atoms with Gasteiger partial charge in [0, 0.05) is 40.2 Å². The minimum absolute atomic E-state index is 0.00564. The first-order chi connectivity index (χ1) is 31.5. The van der Waals surface area contributed by atoms with Crippen molar-refractivity contribution in [3.05, 3.63) is 59.2 Å². The maximum atomic E-state index is 14.8. The molecule has 3 aliphatic heterocycles. The number of piperazine rings is 1. The SMILES string of the molecule is CCN1CCN(C(=O)NC(C(=O)N[C@@H](Cc2ccc(O[C@H]3C[C@@H](C(=O)N(C)C)N(C(=O)O)C3)c(C(=O)OC(C)(C)C)c2OC)B2O[C@@H]3C[C@@H]4C[C@@H](C4(C)C)[C@]3(C)O2)c2ccccc2)C(=O)C1=O. The normalized spacial score (nSPS) is 26.2. The van der Waals surface area contributed by atoms with E-state index in [0.717, 1.165) is 22.6 Å². The molecule has 3 saturated heterocycles. The third kappa shape index (κ3) is 9.51. The largest absolute Gasteiger partial charge is 0.495 e. The Morgan fingerprint density at radius 1 is 0.970 bits per heavy atom. The van der Waals surface area contributed by atoms with Crippen LogP contribution < -0.4 is 20.1 Å². The minimum Gasteiger partial charge on any atom is -0.495 e. The van der Waals surface area contributed by atoms with E-state index in [2.05, 4.69) is 24.5 Å². The van der Waals surface area contributed by atoms with E-state index in [-0.39, 0.29) is 67.0 Å². The third-order valence-electron chi connectivity index (χ3n) is 14.2. The van der Waals surface area contributed by atoms with Crippen molar-refractivity contribution in [3.63, 3.8) is 0 Å². The number of carbonyl (C=O) groups excluding carboxylic acids is 6. The lowest BCUT2D eigenvalue weighted by Gasteiger charge is -2.64. The van der Waals surface area contributed by atoms with E-state index >= 15 is 0 Å². The highest BCUT2D eigenvalue weighted by Crippen LogP contribution is 2.65. The van der Waals surface area contributed by atoms with Gasteiger partial charge in [0.05, 0.1) is 31.3 Å². The molecule has 7 amide bonds. The summed E-state index contributed by atoms with van der Waals surface area (Å²) >= 11 is 0. The second kappa shape index (κ2) is 18.7. The van der Waals surface area contributed by atoms with Crippen molar-refractivity contribution in [3.8, 4) is 11.5 Å². The van der Waals surface area contributed by atoms with Gasteiger partial charge in [-0.3, -0.25) is 29.0 Å². The molecule has 0 spiro atoms. The number of amides is 7. The Hall–Kier alpha value is -5.89. The van der Waals surface area contributed by atoms with Gasteiger partial charge in [-0.15, -0.1) is 0 Å². The minimum atomic E-state index is -1.36. The molecule has 3 N–H and O–H groups in total. The molecule has 0 aromatic heterocycles. The Bertz CT molecular complexity index is 2290. The molecular formula is C47H63BN6O13. The number of hydrogen-bond acceptors (Lipinski definition) is 12. The van der Waals surface area contributed by atoms with Gasteiger partial charge in [0.2, 0.25) is 11.8 Å². The number of imide groups is 1. The Kier molecular flexibility index (Phi) is 13.7. The number of ether oxygens (including phenoxy) is 3. The van der Waals surface area contributed by atoms with Crippen molar-refractivity contribution in [2.75, 3.05) is 47.4 Å². The van der Waals surface area contributed by atoms with Gasteiger partial charge in [0.1, 0.15) is 40.9 Å². The molecule has 3 aliphatic carbocycles. The molecular weight excluding hydrogens is 867 g/mol. The van der Waals surface area contributed by atoms with Gasteiger partial charge in [-0.05, 0) is 88.3 Å². The van der Waals surface area contributed by atoms with E-state index in [0.29, 0.717) is 23.6 Å². The van der Waals surface area contributed by atoms with Crippen LogP contribution in [0.3, 0.4) is 0 Å². The number of rotatable bonds is 13. The monoisotopic (exact) mass is 930 g/mol. The van der Waals surface area contributed by atoms with E-state index < -0.39 is 84.2 Å². The molecule has 3 saturated carbocycles. The van der Waals surface area contributed by atoms with Crippen LogP contribution in [0.2, 0.25) is 0 Å². The second-order valence-electron chi connectivity index (χ2n) is 20.1. The number of benzene rings is 2. The lowest BCUT2D eigenvalue weighted by Crippen LogP contribution is -2.65. The summed E-state index contributed by atoms with van der Waals surface area (Å²) in [5, 5.41) is 15.8. The lowest BCUT2D eigenvalue weighted by molar-refractivity contribution is -0.199. The molecule has 6 fully saturated rings. The Balaban J connectivity index is 1.25. The van der Waals surface area contributed by atoms with E-state index in [9.17, 15) is 38.7 Å². The number of nitrogens with one attached hydrogen (secondary N) is 2. The number of likely N-dealkylation sites (tertiary alicyclic amines) is 1. The first-order valence-corrected chi connectivity index (χ1v) is 22.9. The molecule has 3 heterocycles. The maximum Gasteiger partial charge on any atom is 0.482 e. The van der Waals surface area contributed by atoms with Gasteiger partial charge in [-0.1, -0.05) is 50.2 Å². The topological polar surface area (TPSA) is 223 Å². The van der Waals surface area contributed by atoms with Crippen LogP contribution in [0.15, 0.2) is 42.5 Å². The van der Waals surface area contributed by atoms with Gasteiger partial charge in [-0.25, -0.2) is 14.4 Å². The molecule has 0 radical (unpaired) electrons. The first-order valence-electron chi connectivity index (χ1n) is 22.9. The number of carbonyl (C=O) groups is 7. The summed E-state index contributed by atoms with van der Waals surface area (Å²) in [5.74, 6) is -4.05. The van der Waals surface area contributed by atoms with E-state index in [1.165, 1.54) is 31.0 Å². The summed E-state index contributed by atoms with van der Waals surface area (Å²) in [6.07, 6.45) is -0.737. The van der Waals surface area contributed by atoms with E-state index in [1.807, 2.05) is 6.92 Å². The number of hydrogen-bond donors (Lipinski definition) is 3. The van der Waals surface area contributed by atoms with E-state index in [1.54, 1.807) is 70.2 Å². The molecule has 67 heavy (non-hydrogen) atoms. The Morgan fingerprint density at radius 3 is 2.28 bits per heavy atom. The molecule has 8 rings (SSSR count). The number of urea groups is 1. The van der Waals surface area contributed by atoms with Gasteiger partial charge < -0.3 is 49.1 Å². The van der Waals surface area contributed by atoms with Gasteiger partial charge in [-0.2, -0.15) is 0 Å². The lowest BCUT2D eigenvalue weighted by atomic mass is 9.43. The van der Waals surface area contributed by atoms with Crippen LogP contribution in [0.25, 0.3) is 0 Å². The van der Waals surface area contributed by atoms with Crippen LogP contribution in [-0.2, 0) is 39.6 Å². The summed E-state index contributed by atoms with van der Waals surface area (Å²) in [6.45, 7) is 13.6. The van der Waals surface area contributed by atoms with Crippen molar-refractivity contribution in [1.29, 1.82) is 0 Å². The van der Waals surface area contributed by atoms with Gasteiger partial charge >= 0.3 is 37.0 Å². The average Bonchev–Trinajstić information content (AvgIpc) is 3.86. The first kappa shape index (κ1) is 49.0. The van der Waals surface area contributed by atoms with Crippen molar-refractivity contribution in [2.45, 2.75) is 116 Å². The zero-order valence-corrected chi connectivity index (χ0v) is 40.0. The van der Waals surface area contributed by atoms with Crippen molar-refractivity contribution in [1.82, 2.24) is 30.2 Å². The third-order valence-corrected chi connectivity index (χ3v) is 14.2. The number of nitrogens with zero attached hydrogens (tertiary/aromatic N) is 4. The molecule has 8 atom stereocenters. The van der Waals surface area contributed by atoms with Crippen LogP contribution in [0.5, 0.6) is 11.5 Å². The fourth-order valence-electron chi connectivity index (χ4n) is 10.5. The zero-order valence-electron chi connectivity index (χ0n) is 40.0. The van der Waals surface area contributed by atoms with Crippen molar-refractivity contribution >= 4 is 48.8 Å². The molecule has 362 valence electrons. The number of methoxy groups -OCH3 is 1. The Morgan fingerprint density at radius 2 is 1.67 bits per heavy atom. The fraction of sp³-hybridized carbons (Fsp3) is 0.596. The number of likely N-dealkylation sites (N-methyl/N-ethyl adjacent to an activating group) is 2. The van der Waals surface area contributed by atoms with Crippen molar-refractivity contribution in [2.24, 2.45) is 17.3 Å². The molecule has 2 aromatic rings. The summed E-state index contributed by atoms with van der Waals surface area (Å²) in [7, 11) is 3.42. The Labute approximate surface area is 391 Å². The fourth-order valence-corrected chi connectivity index (χ4v) is 10.5. The molecule has 6 aliphatic rings. The quantitative estimate of drug-likeness (QED) is 0.148. The molecule has 19 nitrogen and oxygen atoms in total. The second-order valence-corrected chi connectivity index (χ2v) is 20.1. The molecule has 1 unspecified atom stereocenters. The standard InChI is InChI=1S/C47H63BN6O13/c1-11-52-19-20-53(41(58)40(52)57)43(60)50-36(26-15-13-12-14-16-26)38(55)49-34(48-66-33-23-28-22-32(46(28,5)6)47(33,7)67-48)21-27-17-18-31(35(37(27)63-10)42(59)65-45(2,3)4)64-29-24-30(39(56)51(8)9)54(25-29)44(61)62/h12-18,28-30,32-34,36H,11,19-25H2,1-10H3,(H,49,55)(H,50,60)(H,61,62)/t28-,29-,30-,32-,33+,34-,36?,47-/m0/s1. The summed E-state index contributed by atoms with van der Waals surface area (Å²) in [6, 6.07) is 8.38. The highest BCUT2D eigenvalue weighted by Gasteiger charge is 2.68. The molecule has 2 aromatic carbocycles. The van der Waals surface area contributed by atoms with E-state index in [4.69, 9.17) is 23.5 Å². The summed E-state index contributed by atoms with van der Waals surface area (Å²) in [5.41, 5.74) is -0.968. The van der Waals surface area contributed by atoms with Crippen LogP contribution in [0.1, 0.15) is 95.3 Å². The number of esters is 1. The predicted octanol–water partition coefficient (Wildman–Crippen LogP) is 3.67. The molecule has 2 bridgehead atoms. The van der Waals surface area contributed by atoms with Crippen LogP contribution in [-0.4, -0.2) is 156 Å². The van der Waals surface area contributed by atoms with Gasteiger partial charge in [0.15, 0.2) is 0 Å². The van der Waals surface area contributed by atoms with Gasteiger partial charge in [0.25, 0.3) is 0 Å². The number of carboxylic acid groups (broad SMARTS) is 1. The molecule has 20 heteroatoms. The summed E-state index contributed by atoms with van der Waals surface area (Å²) in [4.78, 5) is 98.6. The van der Waals surface area contributed by atoms with Crippen LogP contribution in [0.4, 0.5) is 9.59 Å². The predicted molar refractivity (Wildman–Crippen MR) is 242 cm³/mol. The van der Waals surface area contributed by atoms with Crippen molar-refractivity contribution < 1.29 is 62.2 Å². The maximum absolute atomic E-state index is 14.8. The smallest absolute Gasteiger partial charge is 0.482 e. The average molecular weight is 931 g/mol. The summed E-state index contributed by atoms with van der Waals surface area (Å²) < 4.78 is 32.0. The zero-order chi connectivity index (χ0) is 48.9. The van der Waals surface area contributed by atoms with Crippen LogP contribution in [0, 0.1) is 17.3 Å². The van der Waals surface area contributed by atoms with Crippen LogP contribution >= 0.6 is 0 Å². The highest BCUT2D eigenvalue weighted by molar-refractivity contribution is 6.48.